The number of aromatic nitrogens is 2. The van der Waals surface area contributed by atoms with Crippen molar-refractivity contribution in [3.05, 3.63) is 57.2 Å². The van der Waals surface area contributed by atoms with Gasteiger partial charge in [-0.2, -0.15) is 0 Å². The van der Waals surface area contributed by atoms with Crippen LogP contribution in [0.2, 0.25) is 0 Å². The lowest BCUT2D eigenvalue weighted by atomic mass is 10.0. The minimum absolute atomic E-state index is 0.164. The number of pyridine rings is 1. The van der Waals surface area contributed by atoms with E-state index in [0.717, 1.165) is 40.0 Å². The van der Waals surface area contributed by atoms with Gasteiger partial charge in [0, 0.05) is 17.9 Å². The van der Waals surface area contributed by atoms with Crippen LogP contribution in [0.1, 0.15) is 45.7 Å². The standard InChI is InChI=1S/C20H22N2O3S/c1-4-7-18-21-14(12-26-18)10-25-20(23)19-13(2)15-8-5-6-9-16(15)22-17(19)11-24-3/h5-6,8-9,12H,4,7,10-11H2,1-3H3. The first kappa shape index (κ1) is 18.5. The van der Waals surface area contributed by atoms with Crippen molar-refractivity contribution in [3.8, 4) is 0 Å². The maximum atomic E-state index is 12.8. The lowest BCUT2D eigenvalue weighted by molar-refractivity contribution is 0.0462. The van der Waals surface area contributed by atoms with Gasteiger partial charge in [0.2, 0.25) is 0 Å². The van der Waals surface area contributed by atoms with E-state index >= 15 is 0 Å². The Morgan fingerprint density at radius 2 is 2.00 bits per heavy atom. The molecule has 0 bridgehead atoms. The van der Waals surface area contributed by atoms with Crippen molar-refractivity contribution in [3.63, 3.8) is 0 Å². The monoisotopic (exact) mass is 370 g/mol. The quantitative estimate of drug-likeness (QED) is 0.575. The number of ether oxygens (including phenoxy) is 2. The topological polar surface area (TPSA) is 61.3 Å². The molecule has 0 N–H and O–H groups in total. The highest BCUT2D eigenvalue weighted by atomic mass is 32.1. The first-order valence-electron chi connectivity index (χ1n) is 8.61. The predicted octanol–water partition coefficient (Wildman–Crippen LogP) is 4.46. The molecule has 3 rings (SSSR count). The van der Waals surface area contributed by atoms with Gasteiger partial charge in [-0.25, -0.2) is 14.8 Å². The number of rotatable bonds is 7. The molecule has 0 radical (unpaired) electrons. The summed E-state index contributed by atoms with van der Waals surface area (Å²) in [6.45, 7) is 4.46. The van der Waals surface area contributed by atoms with Crippen LogP contribution < -0.4 is 0 Å². The van der Waals surface area contributed by atoms with Gasteiger partial charge >= 0.3 is 5.97 Å². The van der Waals surface area contributed by atoms with Crippen LogP contribution in [0, 0.1) is 6.92 Å². The van der Waals surface area contributed by atoms with Crippen molar-refractivity contribution in [2.75, 3.05) is 7.11 Å². The molecule has 3 aromatic rings. The van der Waals surface area contributed by atoms with Gasteiger partial charge in [-0.05, 0) is 31.4 Å². The fraction of sp³-hybridized carbons (Fsp3) is 0.350. The van der Waals surface area contributed by atoms with E-state index in [1.807, 2.05) is 36.6 Å². The molecule has 0 aliphatic rings. The molecule has 0 saturated heterocycles. The molecule has 26 heavy (non-hydrogen) atoms. The lowest BCUT2D eigenvalue weighted by Crippen LogP contribution is -2.13. The second kappa shape index (κ2) is 8.38. The summed E-state index contributed by atoms with van der Waals surface area (Å²) in [5, 5.41) is 3.96. The number of nitrogens with zero attached hydrogens (tertiary/aromatic N) is 2. The number of methoxy groups -OCH3 is 1. The predicted molar refractivity (Wildman–Crippen MR) is 102 cm³/mol. The summed E-state index contributed by atoms with van der Waals surface area (Å²) in [6, 6.07) is 7.76. The number of fused-ring (bicyclic) bond motifs is 1. The van der Waals surface area contributed by atoms with E-state index in [2.05, 4.69) is 16.9 Å². The fourth-order valence-electron chi connectivity index (χ4n) is 2.91. The largest absolute Gasteiger partial charge is 0.455 e. The molecule has 2 heterocycles. The van der Waals surface area contributed by atoms with Crippen LogP contribution in [0.3, 0.4) is 0 Å². The van der Waals surface area contributed by atoms with E-state index in [-0.39, 0.29) is 13.2 Å². The fourth-order valence-corrected chi connectivity index (χ4v) is 3.79. The molecule has 0 spiro atoms. The molecular weight excluding hydrogens is 348 g/mol. The summed E-state index contributed by atoms with van der Waals surface area (Å²) in [4.78, 5) is 21.9. The van der Waals surface area contributed by atoms with Crippen molar-refractivity contribution in [2.24, 2.45) is 0 Å². The van der Waals surface area contributed by atoms with E-state index in [1.165, 1.54) is 0 Å². The zero-order chi connectivity index (χ0) is 18.5. The summed E-state index contributed by atoms with van der Waals surface area (Å²) in [7, 11) is 1.59. The second-order valence-electron chi connectivity index (χ2n) is 6.07. The molecule has 0 unspecified atom stereocenters. The lowest BCUT2D eigenvalue weighted by Gasteiger charge is -2.13. The summed E-state index contributed by atoms with van der Waals surface area (Å²) in [5.41, 5.74) is 3.56. The molecule has 0 fully saturated rings. The third kappa shape index (κ3) is 3.92. The van der Waals surface area contributed by atoms with Crippen molar-refractivity contribution in [1.29, 1.82) is 0 Å². The first-order chi connectivity index (χ1) is 12.6. The number of carbonyl (C=O) groups is 1. The zero-order valence-electron chi connectivity index (χ0n) is 15.2. The molecule has 0 atom stereocenters. The Morgan fingerprint density at radius 3 is 2.77 bits per heavy atom. The Bertz CT molecular complexity index is 921. The third-order valence-corrected chi connectivity index (χ3v) is 5.08. The van der Waals surface area contributed by atoms with Gasteiger partial charge in [-0.15, -0.1) is 11.3 Å². The van der Waals surface area contributed by atoms with Crippen LogP contribution >= 0.6 is 11.3 Å². The number of aryl methyl sites for hydroxylation is 2. The summed E-state index contributed by atoms with van der Waals surface area (Å²) in [5.74, 6) is -0.391. The molecule has 0 aliphatic heterocycles. The Hall–Kier alpha value is -2.31. The molecule has 0 aliphatic carbocycles. The molecule has 0 amide bonds. The summed E-state index contributed by atoms with van der Waals surface area (Å²) >= 11 is 1.60. The molecule has 6 heteroatoms. The molecule has 5 nitrogen and oxygen atoms in total. The Kier molecular flexibility index (Phi) is 5.96. The van der Waals surface area contributed by atoms with E-state index in [1.54, 1.807) is 18.4 Å². The van der Waals surface area contributed by atoms with Crippen LogP contribution in [0.4, 0.5) is 0 Å². The van der Waals surface area contributed by atoms with Crippen molar-refractivity contribution in [1.82, 2.24) is 9.97 Å². The van der Waals surface area contributed by atoms with Gasteiger partial charge in [0.15, 0.2) is 0 Å². The highest BCUT2D eigenvalue weighted by molar-refractivity contribution is 7.09. The molecule has 0 saturated carbocycles. The Balaban J connectivity index is 1.86. The van der Waals surface area contributed by atoms with Crippen LogP contribution in [0.15, 0.2) is 29.6 Å². The SMILES string of the molecule is CCCc1nc(COC(=O)c2c(COC)nc3ccccc3c2C)cs1. The summed E-state index contributed by atoms with van der Waals surface area (Å²) < 4.78 is 10.8. The molecular formula is C20H22N2O3S. The average molecular weight is 370 g/mol. The number of hydrogen-bond acceptors (Lipinski definition) is 6. The third-order valence-electron chi connectivity index (χ3n) is 4.13. The van der Waals surface area contributed by atoms with Gasteiger partial charge in [0.1, 0.15) is 6.61 Å². The van der Waals surface area contributed by atoms with Gasteiger partial charge in [-0.3, -0.25) is 0 Å². The number of thiazole rings is 1. The van der Waals surface area contributed by atoms with Gasteiger partial charge in [0.05, 0.1) is 34.1 Å². The van der Waals surface area contributed by atoms with Crippen LogP contribution in [0.5, 0.6) is 0 Å². The van der Waals surface area contributed by atoms with E-state index < -0.39 is 5.97 Å². The maximum absolute atomic E-state index is 12.8. The number of carbonyl (C=O) groups excluding carboxylic acids is 1. The van der Waals surface area contributed by atoms with Gasteiger partial charge in [-0.1, -0.05) is 25.1 Å². The van der Waals surface area contributed by atoms with Gasteiger partial charge < -0.3 is 9.47 Å². The second-order valence-corrected chi connectivity index (χ2v) is 7.01. The number of para-hydroxylation sites is 1. The number of benzene rings is 1. The van der Waals surface area contributed by atoms with Crippen molar-refractivity contribution in [2.45, 2.75) is 39.9 Å². The van der Waals surface area contributed by atoms with Crippen molar-refractivity contribution >= 4 is 28.2 Å². The Morgan fingerprint density at radius 1 is 1.19 bits per heavy atom. The molecule has 1 aromatic carbocycles. The first-order valence-corrected chi connectivity index (χ1v) is 9.49. The Labute approximate surface area is 157 Å². The number of hydrogen-bond donors (Lipinski definition) is 0. The van der Waals surface area contributed by atoms with Crippen molar-refractivity contribution < 1.29 is 14.3 Å². The zero-order valence-corrected chi connectivity index (χ0v) is 16.1. The van der Waals surface area contributed by atoms with Gasteiger partial charge in [0.25, 0.3) is 0 Å². The van der Waals surface area contributed by atoms with Crippen LogP contribution in [-0.4, -0.2) is 23.0 Å². The molecule has 2 aromatic heterocycles. The summed E-state index contributed by atoms with van der Waals surface area (Å²) in [6.07, 6.45) is 2.00. The van der Waals surface area contributed by atoms with E-state index in [0.29, 0.717) is 11.3 Å². The average Bonchev–Trinajstić information content (AvgIpc) is 3.08. The minimum Gasteiger partial charge on any atom is -0.455 e. The van der Waals surface area contributed by atoms with E-state index in [4.69, 9.17) is 9.47 Å². The minimum atomic E-state index is -0.391. The van der Waals surface area contributed by atoms with Crippen LogP contribution in [0.25, 0.3) is 10.9 Å². The highest BCUT2D eigenvalue weighted by Gasteiger charge is 2.20. The molecule has 136 valence electrons. The number of esters is 1. The normalized spacial score (nSPS) is 11.0. The highest BCUT2D eigenvalue weighted by Crippen LogP contribution is 2.24. The smallest absolute Gasteiger partial charge is 0.340 e. The van der Waals surface area contributed by atoms with Crippen LogP contribution in [-0.2, 0) is 29.1 Å². The van der Waals surface area contributed by atoms with E-state index in [9.17, 15) is 4.79 Å². The maximum Gasteiger partial charge on any atom is 0.340 e.